The van der Waals surface area contributed by atoms with E-state index in [9.17, 15) is 13.2 Å². The fourth-order valence-corrected chi connectivity index (χ4v) is 1.63. The molecule has 0 aliphatic carbocycles. The number of methoxy groups -OCH3 is 2. The summed E-state index contributed by atoms with van der Waals surface area (Å²) in [6, 6.07) is 4.33. The first-order valence-electron chi connectivity index (χ1n) is 5.28. The zero-order chi connectivity index (χ0) is 14.0. The number of ether oxygens (including phenoxy) is 2. The van der Waals surface area contributed by atoms with E-state index >= 15 is 0 Å². The number of alkyl halides is 3. The van der Waals surface area contributed by atoms with Gasteiger partial charge in [-0.1, -0.05) is 0 Å². The molecule has 6 heteroatoms. The smallest absolute Gasteiger partial charge is 0.410 e. The SMILES string of the molecule is CNC(C)(c1cc(OC)ccc1OC)C(F)(F)F. The van der Waals surface area contributed by atoms with Crippen molar-refractivity contribution >= 4 is 0 Å². The molecule has 0 fully saturated rings. The first-order chi connectivity index (χ1) is 8.30. The molecule has 0 amide bonds. The van der Waals surface area contributed by atoms with E-state index < -0.39 is 11.7 Å². The standard InChI is InChI=1S/C12H16F3NO2/c1-11(16-2,12(13,14)15)9-7-8(17-3)5-6-10(9)18-4/h5-7,16H,1-4H3. The number of hydrogen-bond acceptors (Lipinski definition) is 3. The number of rotatable bonds is 4. The van der Waals surface area contributed by atoms with Crippen LogP contribution in [0.25, 0.3) is 0 Å². The molecule has 0 saturated carbocycles. The number of hydrogen-bond donors (Lipinski definition) is 1. The van der Waals surface area contributed by atoms with Crippen LogP contribution in [0.1, 0.15) is 12.5 Å². The van der Waals surface area contributed by atoms with Gasteiger partial charge in [0.05, 0.1) is 14.2 Å². The molecule has 0 aliphatic heterocycles. The molecule has 0 radical (unpaired) electrons. The molecular weight excluding hydrogens is 247 g/mol. The van der Waals surface area contributed by atoms with Crippen LogP contribution in [0.4, 0.5) is 13.2 Å². The van der Waals surface area contributed by atoms with Gasteiger partial charge >= 0.3 is 6.18 Å². The Bertz CT molecular complexity index is 420. The van der Waals surface area contributed by atoms with E-state index in [4.69, 9.17) is 9.47 Å². The maximum absolute atomic E-state index is 13.2. The van der Waals surface area contributed by atoms with Crippen molar-refractivity contribution in [2.45, 2.75) is 18.6 Å². The number of nitrogens with one attached hydrogen (secondary N) is 1. The first-order valence-corrected chi connectivity index (χ1v) is 5.28. The Morgan fingerprint density at radius 1 is 1.11 bits per heavy atom. The zero-order valence-corrected chi connectivity index (χ0v) is 10.7. The fourth-order valence-electron chi connectivity index (χ4n) is 1.63. The molecule has 0 aliphatic rings. The van der Waals surface area contributed by atoms with Gasteiger partial charge < -0.3 is 14.8 Å². The highest BCUT2D eigenvalue weighted by molar-refractivity contribution is 5.45. The molecule has 0 aromatic heterocycles. The monoisotopic (exact) mass is 263 g/mol. The number of benzene rings is 1. The maximum atomic E-state index is 13.2. The van der Waals surface area contributed by atoms with E-state index in [1.807, 2.05) is 0 Å². The fraction of sp³-hybridized carbons (Fsp3) is 0.500. The average Bonchev–Trinajstić information content (AvgIpc) is 2.35. The van der Waals surface area contributed by atoms with Crippen LogP contribution in [-0.4, -0.2) is 27.4 Å². The van der Waals surface area contributed by atoms with Gasteiger partial charge in [0.2, 0.25) is 0 Å². The lowest BCUT2D eigenvalue weighted by Gasteiger charge is -2.33. The first kappa shape index (κ1) is 14.6. The molecule has 1 atom stereocenters. The highest BCUT2D eigenvalue weighted by Gasteiger charge is 2.52. The molecule has 102 valence electrons. The largest absolute Gasteiger partial charge is 0.497 e. The quantitative estimate of drug-likeness (QED) is 0.906. The van der Waals surface area contributed by atoms with E-state index in [0.29, 0.717) is 5.75 Å². The van der Waals surface area contributed by atoms with Crippen molar-refractivity contribution < 1.29 is 22.6 Å². The van der Waals surface area contributed by atoms with Gasteiger partial charge in [-0.3, -0.25) is 0 Å². The van der Waals surface area contributed by atoms with Crippen LogP contribution in [0.5, 0.6) is 11.5 Å². The molecule has 0 heterocycles. The number of halogens is 3. The normalized spacial score (nSPS) is 15.1. The highest BCUT2D eigenvalue weighted by Crippen LogP contribution is 2.43. The maximum Gasteiger partial charge on any atom is 0.410 e. The lowest BCUT2D eigenvalue weighted by molar-refractivity contribution is -0.194. The molecule has 0 bridgehead atoms. The molecule has 0 saturated heterocycles. The van der Waals surface area contributed by atoms with Gasteiger partial charge in [-0.15, -0.1) is 0 Å². The van der Waals surface area contributed by atoms with Crippen molar-refractivity contribution in [1.82, 2.24) is 5.32 Å². The summed E-state index contributed by atoms with van der Waals surface area (Å²) in [6.07, 6.45) is -4.46. The zero-order valence-electron chi connectivity index (χ0n) is 10.7. The second-order valence-electron chi connectivity index (χ2n) is 3.94. The summed E-state index contributed by atoms with van der Waals surface area (Å²) in [5.74, 6) is 0.501. The summed E-state index contributed by atoms with van der Waals surface area (Å²) in [5.41, 5.74) is -2.22. The predicted octanol–water partition coefficient (Wildman–Crippen LogP) is 2.70. The Kier molecular flexibility index (Phi) is 4.11. The van der Waals surface area contributed by atoms with Crippen molar-refractivity contribution in [2.24, 2.45) is 0 Å². The lowest BCUT2D eigenvalue weighted by atomic mass is 9.90. The highest BCUT2D eigenvalue weighted by atomic mass is 19.4. The molecule has 0 spiro atoms. The van der Waals surface area contributed by atoms with Gasteiger partial charge in [0.15, 0.2) is 0 Å². The third kappa shape index (κ3) is 2.38. The second kappa shape index (κ2) is 5.06. The van der Waals surface area contributed by atoms with Crippen molar-refractivity contribution in [2.75, 3.05) is 21.3 Å². The van der Waals surface area contributed by atoms with Gasteiger partial charge in [0.1, 0.15) is 17.0 Å². The third-order valence-electron chi connectivity index (χ3n) is 3.01. The molecule has 3 nitrogen and oxygen atoms in total. The minimum Gasteiger partial charge on any atom is -0.497 e. The van der Waals surface area contributed by atoms with Gasteiger partial charge in [-0.25, -0.2) is 0 Å². The van der Waals surface area contributed by atoms with Crippen LogP contribution < -0.4 is 14.8 Å². The topological polar surface area (TPSA) is 30.5 Å². The van der Waals surface area contributed by atoms with Crippen LogP contribution in [-0.2, 0) is 5.54 Å². The van der Waals surface area contributed by atoms with Crippen LogP contribution in [0.15, 0.2) is 18.2 Å². The third-order valence-corrected chi connectivity index (χ3v) is 3.01. The van der Waals surface area contributed by atoms with E-state index in [0.717, 1.165) is 6.92 Å². The summed E-state index contributed by atoms with van der Waals surface area (Å²) in [6.45, 7) is 1.06. The summed E-state index contributed by atoms with van der Waals surface area (Å²) in [4.78, 5) is 0. The molecule has 1 aromatic carbocycles. The van der Waals surface area contributed by atoms with Gasteiger partial charge in [-0.05, 0) is 32.2 Å². The van der Waals surface area contributed by atoms with Crippen molar-refractivity contribution in [3.8, 4) is 11.5 Å². The van der Waals surface area contributed by atoms with E-state index in [1.54, 1.807) is 6.07 Å². The molecule has 1 N–H and O–H groups in total. The van der Waals surface area contributed by atoms with E-state index in [2.05, 4.69) is 5.32 Å². The minimum atomic E-state index is -4.46. The average molecular weight is 263 g/mol. The van der Waals surface area contributed by atoms with Gasteiger partial charge in [0, 0.05) is 5.56 Å². The van der Waals surface area contributed by atoms with Crippen LogP contribution >= 0.6 is 0 Å². The second-order valence-corrected chi connectivity index (χ2v) is 3.94. The minimum absolute atomic E-state index is 0.0145. The Labute approximate surface area is 104 Å². The molecule has 18 heavy (non-hydrogen) atoms. The molecule has 1 unspecified atom stereocenters. The summed E-state index contributed by atoms with van der Waals surface area (Å²) in [5, 5.41) is 2.30. The Hall–Kier alpha value is -1.43. The van der Waals surface area contributed by atoms with E-state index in [1.165, 1.54) is 33.4 Å². The van der Waals surface area contributed by atoms with Crippen molar-refractivity contribution in [1.29, 1.82) is 0 Å². The van der Waals surface area contributed by atoms with E-state index in [-0.39, 0.29) is 11.3 Å². The molecule has 1 aromatic rings. The van der Waals surface area contributed by atoms with Gasteiger partial charge in [-0.2, -0.15) is 13.2 Å². The Balaban J connectivity index is 3.44. The summed E-state index contributed by atoms with van der Waals surface area (Å²) >= 11 is 0. The summed E-state index contributed by atoms with van der Waals surface area (Å²) in [7, 11) is 3.99. The predicted molar refractivity (Wildman–Crippen MR) is 62.0 cm³/mol. The Morgan fingerprint density at radius 2 is 1.72 bits per heavy atom. The van der Waals surface area contributed by atoms with Gasteiger partial charge in [0.25, 0.3) is 0 Å². The lowest BCUT2D eigenvalue weighted by Crippen LogP contribution is -2.50. The molecular formula is C12H16F3NO2. The van der Waals surface area contributed by atoms with Crippen LogP contribution in [0.2, 0.25) is 0 Å². The summed E-state index contributed by atoms with van der Waals surface area (Å²) < 4.78 is 49.5. The van der Waals surface area contributed by atoms with Crippen molar-refractivity contribution in [3.05, 3.63) is 23.8 Å². The molecule has 1 rings (SSSR count). The van der Waals surface area contributed by atoms with Crippen LogP contribution in [0, 0.1) is 0 Å². The Morgan fingerprint density at radius 3 is 2.11 bits per heavy atom. The van der Waals surface area contributed by atoms with Crippen LogP contribution in [0.3, 0.4) is 0 Å². The van der Waals surface area contributed by atoms with Crippen molar-refractivity contribution in [3.63, 3.8) is 0 Å².